The zero-order valence-corrected chi connectivity index (χ0v) is 12.6. The molecule has 3 aliphatic rings. The van der Waals surface area contributed by atoms with E-state index < -0.39 is 0 Å². The molecular formula is C18H22N2O2. The lowest BCUT2D eigenvalue weighted by molar-refractivity contribution is -0.130. The van der Waals surface area contributed by atoms with Gasteiger partial charge >= 0.3 is 0 Å². The van der Waals surface area contributed by atoms with E-state index in [1.54, 1.807) is 0 Å². The second-order valence-corrected chi connectivity index (χ2v) is 6.98. The molecule has 0 heterocycles. The van der Waals surface area contributed by atoms with Gasteiger partial charge in [-0.2, -0.15) is 0 Å². The van der Waals surface area contributed by atoms with Crippen LogP contribution in [-0.4, -0.2) is 11.8 Å². The standard InChI is InChI=1S/C18H22N2O2/c21-17(15-10-14(15)11-6-2-1-3-7-11)19-20-18(22)16-12-8-4-5-9-13(12)16/h1-3,6-7,12-16H,4-5,8-10H2,(H,19,21)(H,20,22)/t12-,13-,14+,15-/m0/s1. The summed E-state index contributed by atoms with van der Waals surface area (Å²) in [7, 11) is 0. The normalized spacial score (nSPS) is 35.2. The van der Waals surface area contributed by atoms with Crippen molar-refractivity contribution < 1.29 is 9.59 Å². The number of hydrogen-bond acceptors (Lipinski definition) is 2. The minimum atomic E-state index is -0.0502. The maximum atomic E-state index is 12.1. The first-order chi connectivity index (χ1) is 10.8. The molecule has 4 heteroatoms. The van der Waals surface area contributed by atoms with Gasteiger partial charge in [-0.3, -0.25) is 20.4 Å². The highest BCUT2D eigenvalue weighted by Gasteiger charge is 2.55. The molecule has 2 amide bonds. The van der Waals surface area contributed by atoms with E-state index in [1.807, 2.05) is 18.2 Å². The van der Waals surface area contributed by atoms with Crippen LogP contribution in [0.1, 0.15) is 43.6 Å². The summed E-state index contributed by atoms with van der Waals surface area (Å²) in [6.07, 6.45) is 5.72. The molecule has 0 aliphatic heterocycles. The molecule has 3 saturated carbocycles. The quantitative estimate of drug-likeness (QED) is 0.842. The molecule has 3 fully saturated rings. The maximum absolute atomic E-state index is 12.1. The van der Waals surface area contributed by atoms with Gasteiger partial charge in [0.15, 0.2) is 0 Å². The Balaban J connectivity index is 1.25. The van der Waals surface area contributed by atoms with E-state index in [9.17, 15) is 9.59 Å². The van der Waals surface area contributed by atoms with Crippen LogP contribution in [-0.2, 0) is 9.59 Å². The molecular weight excluding hydrogens is 276 g/mol. The van der Waals surface area contributed by atoms with Gasteiger partial charge in [0, 0.05) is 11.8 Å². The fourth-order valence-electron chi connectivity index (χ4n) is 4.23. The lowest BCUT2D eigenvalue weighted by Gasteiger charge is -2.07. The molecule has 3 aliphatic carbocycles. The summed E-state index contributed by atoms with van der Waals surface area (Å²) in [6.45, 7) is 0. The second kappa shape index (κ2) is 5.41. The molecule has 22 heavy (non-hydrogen) atoms. The predicted octanol–water partition coefficient (Wildman–Crippen LogP) is 2.37. The van der Waals surface area contributed by atoms with Gasteiger partial charge in [-0.05, 0) is 42.6 Å². The van der Waals surface area contributed by atoms with E-state index >= 15 is 0 Å². The fraction of sp³-hybridized carbons (Fsp3) is 0.556. The molecule has 2 N–H and O–H groups in total. The number of amides is 2. The van der Waals surface area contributed by atoms with Crippen LogP contribution in [0.4, 0.5) is 0 Å². The van der Waals surface area contributed by atoms with Gasteiger partial charge in [0.05, 0.1) is 0 Å². The second-order valence-electron chi connectivity index (χ2n) is 6.98. The van der Waals surface area contributed by atoms with Gasteiger partial charge in [0.2, 0.25) is 11.8 Å². The van der Waals surface area contributed by atoms with E-state index in [2.05, 4.69) is 23.0 Å². The van der Waals surface area contributed by atoms with Gasteiger partial charge in [-0.15, -0.1) is 0 Å². The lowest BCUT2D eigenvalue weighted by atomic mass is 10.0. The van der Waals surface area contributed by atoms with Gasteiger partial charge in [-0.1, -0.05) is 43.2 Å². The van der Waals surface area contributed by atoms with Crippen LogP contribution in [0, 0.1) is 23.7 Å². The van der Waals surface area contributed by atoms with Crippen LogP contribution >= 0.6 is 0 Å². The monoisotopic (exact) mass is 298 g/mol. The van der Waals surface area contributed by atoms with Crippen molar-refractivity contribution in [1.82, 2.24) is 10.9 Å². The Morgan fingerprint density at radius 1 is 0.909 bits per heavy atom. The average molecular weight is 298 g/mol. The Kier molecular flexibility index (Phi) is 3.40. The van der Waals surface area contributed by atoms with Crippen LogP contribution < -0.4 is 10.9 Å². The summed E-state index contributed by atoms with van der Waals surface area (Å²) in [6, 6.07) is 10.1. The van der Waals surface area contributed by atoms with Crippen molar-refractivity contribution in [3.05, 3.63) is 35.9 Å². The van der Waals surface area contributed by atoms with E-state index in [0.29, 0.717) is 17.8 Å². The van der Waals surface area contributed by atoms with Crippen LogP contribution in [0.5, 0.6) is 0 Å². The predicted molar refractivity (Wildman–Crippen MR) is 82.5 cm³/mol. The highest BCUT2D eigenvalue weighted by Crippen LogP contribution is 2.55. The van der Waals surface area contributed by atoms with Gasteiger partial charge < -0.3 is 0 Å². The van der Waals surface area contributed by atoms with Gasteiger partial charge in [0.25, 0.3) is 0 Å². The summed E-state index contributed by atoms with van der Waals surface area (Å²) in [5, 5.41) is 0. The molecule has 0 radical (unpaired) electrons. The first-order valence-corrected chi connectivity index (χ1v) is 8.40. The van der Waals surface area contributed by atoms with Crippen molar-refractivity contribution in [3.63, 3.8) is 0 Å². The number of hydrogen-bond donors (Lipinski definition) is 2. The number of carbonyl (C=O) groups excluding carboxylic acids is 2. The van der Waals surface area contributed by atoms with Gasteiger partial charge in [0.1, 0.15) is 0 Å². The van der Waals surface area contributed by atoms with Crippen molar-refractivity contribution >= 4 is 11.8 Å². The highest BCUT2D eigenvalue weighted by atomic mass is 16.2. The van der Waals surface area contributed by atoms with Crippen LogP contribution in [0.25, 0.3) is 0 Å². The molecule has 1 aromatic carbocycles. The van der Waals surface area contributed by atoms with E-state index in [0.717, 1.165) is 6.42 Å². The zero-order chi connectivity index (χ0) is 15.1. The molecule has 1 aromatic rings. The van der Waals surface area contributed by atoms with Crippen LogP contribution in [0.15, 0.2) is 30.3 Å². The third kappa shape index (κ3) is 2.51. The third-order valence-corrected chi connectivity index (χ3v) is 5.62. The molecule has 4 rings (SSSR count). The molecule has 0 bridgehead atoms. The van der Waals surface area contributed by atoms with Crippen molar-refractivity contribution in [1.29, 1.82) is 0 Å². The first kappa shape index (κ1) is 13.8. The number of nitrogens with one attached hydrogen (secondary N) is 2. The van der Waals surface area contributed by atoms with E-state index in [1.165, 1.54) is 31.2 Å². The Hall–Kier alpha value is -1.84. The minimum absolute atomic E-state index is 0.00387. The van der Waals surface area contributed by atoms with Crippen molar-refractivity contribution in [2.24, 2.45) is 23.7 Å². The first-order valence-electron chi connectivity index (χ1n) is 8.40. The van der Waals surface area contributed by atoms with Crippen LogP contribution in [0.3, 0.4) is 0 Å². The molecule has 0 saturated heterocycles. The smallest absolute Gasteiger partial charge is 0.242 e. The van der Waals surface area contributed by atoms with Crippen molar-refractivity contribution in [2.75, 3.05) is 0 Å². The summed E-state index contributed by atoms with van der Waals surface area (Å²) in [5.41, 5.74) is 6.50. The molecule has 0 spiro atoms. The molecule has 4 atom stereocenters. The van der Waals surface area contributed by atoms with Gasteiger partial charge in [-0.25, -0.2) is 0 Å². The Morgan fingerprint density at radius 3 is 2.23 bits per heavy atom. The van der Waals surface area contributed by atoms with Crippen molar-refractivity contribution in [2.45, 2.75) is 38.0 Å². The number of fused-ring (bicyclic) bond motifs is 1. The Labute approximate surface area is 130 Å². The van der Waals surface area contributed by atoms with E-state index in [-0.39, 0.29) is 23.7 Å². The Bertz CT molecular complexity index is 574. The molecule has 0 aromatic heterocycles. The summed E-state index contributed by atoms with van der Waals surface area (Å²) < 4.78 is 0. The highest BCUT2D eigenvalue weighted by molar-refractivity contribution is 5.88. The minimum Gasteiger partial charge on any atom is -0.273 e. The van der Waals surface area contributed by atoms with E-state index in [4.69, 9.17) is 0 Å². The summed E-state index contributed by atoms with van der Waals surface area (Å²) in [5.74, 6) is 1.57. The Morgan fingerprint density at radius 2 is 1.55 bits per heavy atom. The average Bonchev–Trinajstić information content (AvgIpc) is 3.45. The van der Waals surface area contributed by atoms with Crippen molar-refractivity contribution in [3.8, 4) is 0 Å². The lowest BCUT2D eigenvalue weighted by Crippen LogP contribution is -2.43. The third-order valence-electron chi connectivity index (χ3n) is 5.62. The number of benzene rings is 1. The molecule has 4 nitrogen and oxygen atoms in total. The van der Waals surface area contributed by atoms with Crippen LogP contribution in [0.2, 0.25) is 0 Å². The number of carbonyl (C=O) groups is 2. The molecule has 116 valence electrons. The summed E-state index contributed by atoms with van der Waals surface area (Å²) in [4.78, 5) is 24.3. The zero-order valence-electron chi connectivity index (χ0n) is 12.6. The summed E-state index contributed by atoms with van der Waals surface area (Å²) >= 11 is 0. The number of rotatable bonds is 3. The fourth-order valence-corrected chi connectivity index (χ4v) is 4.23. The topological polar surface area (TPSA) is 58.2 Å². The largest absolute Gasteiger partial charge is 0.273 e. The maximum Gasteiger partial charge on any atom is 0.242 e. The molecule has 0 unspecified atom stereocenters. The number of hydrazine groups is 1. The SMILES string of the molecule is O=C(NNC(=O)[C@H]1C[C@@H]1c1ccccc1)C1[C@H]2CCCC[C@H]12.